The van der Waals surface area contributed by atoms with Crippen LogP contribution in [0.4, 0.5) is 13.2 Å². The van der Waals surface area contributed by atoms with Crippen LogP contribution >= 0.6 is 0 Å². The van der Waals surface area contributed by atoms with Gasteiger partial charge in [0.1, 0.15) is 5.69 Å². The number of fused-ring (bicyclic) bond motifs is 2. The van der Waals surface area contributed by atoms with Crippen LogP contribution in [-0.4, -0.2) is 167 Å². The highest BCUT2D eigenvalue weighted by Crippen LogP contribution is 2.44. The Hall–Kier alpha value is -4.00. The summed E-state index contributed by atoms with van der Waals surface area (Å²) < 4.78 is 40.4. The Kier molecular flexibility index (Phi) is 27.9. The molecule has 4 aliphatic heterocycles. The average molecular weight is 1260 g/mol. The van der Waals surface area contributed by atoms with E-state index >= 15 is 0 Å². The third-order valence-electron chi connectivity index (χ3n) is 22.4. The molecule has 5 heterocycles. The number of halogens is 3. The molecule has 3 saturated heterocycles. The number of carbonyl (C=O) groups is 1. The van der Waals surface area contributed by atoms with Crippen molar-refractivity contribution in [2.24, 2.45) is 34.6 Å². The first-order chi connectivity index (χ1) is 43.2. The molecule has 11 atom stereocenters. The summed E-state index contributed by atoms with van der Waals surface area (Å²) in [6, 6.07) is 4.77. The number of piperidine rings is 1. The maximum Gasteiger partial charge on any atom is 0.433 e. The number of nitrogens with one attached hydrogen (secondary N) is 6. The largest absolute Gasteiger partial charge is 0.433 e. The smallest absolute Gasteiger partial charge is 0.390 e. The minimum absolute atomic E-state index is 0.0163. The third-order valence-corrected chi connectivity index (χ3v) is 22.4. The highest BCUT2D eigenvalue weighted by molar-refractivity contribution is 5.95. The molecule has 0 radical (unpaired) electrons. The van der Waals surface area contributed by atoms with Gasteiger partial charge in [-0.3, -0.25) is 19.7 Å². The number of aryl methyl sites for hydroxylation is 1. The van der Waals surface area contributed by atoms with E-state index in [1.807, 2.05) is 24.7 Å². The number of aliphatic imine (C=N–C) groups is 1. The van der Waals surface area contributed by atoms with Crippen molar-refractivity contribution < 1.29 is 18.0 Å². The lowest BCUT2D eigenvalue weighted by molar-refractivity contribution is -0.162. The first-order valence-corrected chi connectivity index (χ1v) is 36.3. The lowest BCUT2D eigenvalue weighted by atomic mass is 9.74. The number of hydrogen-bond donors (Lipinski definition) is 6. The van der Waals surface area contributed by atoms with Crippen LogP contribution in [0.3, 0.4) is 0 Å². The zero-order valence-corrected chi connectivity index (χ0v) is 57.9. The standard InChI is InChI=1S/C73H124F3N13O/c1-12-53(4)66-47-81-65(44-52(2)3)55(6)80-48-67-69(71(90)87-40-21-14-22-41-87)58(9)89(67)70(61-26-17-18-27-61)56(7)84-72(34-19-20-35-72)51-78-38-37-77-36-33-62(31-29-60-30-32-68(82-46-60)73(74,75)76)79-39-43-85(10)49-64(45-59-24-15-13-16-25-59)86(11)50-63-28-23-42-88(63)57(8)54(5)83-66/h30,32-33,36,39,43,46,49-50,52-59,61,65-67,69-70,77-78,80-81,83-84H,12-29,31,34-35,37-38,40-42,44-45,47-48,51H2,1-11H3/t53-,54?,55?,56?,57-,58?,65-,66+,67?,69-,70+/m0/s1. The molecule has 6 fully saturated rings. The number of pyridine rings is 1. The number of carbonyl (C=O) groups excluding carboxylic acids is 1. The maximum absolute atomic E-state index is 14.9. The van der Waals surface area contributed by atoms with Crippen LogP contribution in [-0.2, 0) is 17.4 Å². The molecule has 0 aromatic carbocycles. The summed E-state index contributed by atoms with van der Waals surface area (Å²) in [5.41, 5.74) is 3.33. The lowest BCUT2D eigenvalue weighted by Crippen LogP contribution is -2.76. The predicted molar refractivity (Wildman–Crippen MR) is 366 cm³/mol. The number of allylic oxidation sites excluding steroid dienone is 3. The number of hydrogen-bond acceptors (Lipinski definition) is 13. The molecular formula is C73H124F3N13O. The van der Waals surface area contributed by atoms with E-state index in [4.69, 9.17) is 4.99 Å². The molecule has 90 heavy (non-hydrogen) atoms. The van der Waals surface area contributed by atoms with E-state index in [0.29, 0.717) is 54.5 Å². The van der Waals surface area contributed by atoms with Crippen LogP contribution in [0, 0.1) is 29.6 Å². The molecule has 6 N–H and O–H groups in total. The summed E-state index contributed by atoms with van der Waals surface area (Å²) >= 11 is 0. The van der Waals surface area contributed by atoms with Crippen LogP contribution in [0.5, 0.6) is 0 Å². The topological polar surface area (TPSA) is 131 Å². The van der Waals surface area contributed by atoms with Gasteiger partial charge in [0.2, 0.25) is 5.91 Å². The van der Waals surface area contributed by atoms with Gasteiger partial charge in [-0.1, -0.05) is 98.0 Å². The summed E-state index contributed by atoms with van der Waals surface area (Å²) in [6.45, 7) is 28.5. The molecule has 8 rings (SSSR count). The number of nitrogens with zero attached hydrogens (tertiary/aromatic N) is 7. The Morgan fingerprint density at radius 2 is 1.51 bits per heavy atom. The molecule has 1 aromatic rings. The molecule has 1 aromatic heterocycles. The molecule has 7 aliphatic rings. The Morgan fingerprint density at radius 3 is 2.20 bits per heavy atom. The van der Waals surface area contributed by atoms with E-state index in [0.717, 1.165) is 127 Å². The quantitative estimate of drug-likeness (QED) is 0.126. The van der Waals surface area contributed by atoms with Gasteiger partial charge >= 0.3 is 6.18 Å². The van der Waals surface area contributed by atoms with Crippen molar-refractivity contribution in [1.82, 2.24) is 61.4 Å². The Morgan fingerprint density at radius 1 is 0.789 bits per heavy atom. The molecule has 3 saturated carbocycles. The first-order valence-electron chi connectivity index (χ1n) is 36.3. The molecule has 17 heteroatoms. The zero-order chi connectivity index (χ0) is 64.4. The number of alkyl halides is 3. The van der Waals surface area contributed by atoms with Gasteiger partial charge in [-0.2, -0.15) is 13.2 Å². The van der Waals surface area contributed by atoms with Gasteiger partial charge in [0.25, 0.3) is 0 Å². The van der Waals surface area contributed by atoms with Crippen LogP contribution in [0.25, 0.3) is 0 Å². The molecule has 508 valence electrons. The molecule has 0 bridgehead atoms. The Bertz CT molecular complexity index is 2460. The fourth-order valence-electron chi connectivity index (χ4n) is 16.7. The summed E-state index contributed by atoms with van der Waals surface area (Å²) in [4.78, 5) is 35.9. The van der Waals surface area contributed by atoms with E-state index in [1.54, 1.807) is 0 Å². The Balaban J connectivity index is 1.09. The second kappa shape index (κ2) is 34.9. The maximum atomic E-state index is 14.9. The molecule has 14 nitrogen and oxygen atoms in total. The summed E-state index contributed by atoms with van der Waals surface area (Å²) in [6.07, 6.45) is 35.4. The van der Waals surface area contributed by atoms with Crippen molar-refractivity contribution in [3.63, 3.8) is 0 Å². The SMILES string of the molecule is CC[C@H](C)[C@H]1CN[C@@H](CC(C)C)C(C)NCC2[C@@H](C(=O)N3CCCCC3)C(C)N2[C@@H](C2CCCC2)C(C)NC2(CCCC2)CNCCNC=CC(CCc2ccc(C(F)(F)F)nc2)=NC=CN(C)C=C(CC2CCCCC2)N(C)C=C2CCCN2[C@@H](C)C(C)N1. The number of rotatable bonds is 11. The number of likely N-dealkylation sites (tertiary alicyclic amines) is 1. The van der Waals surface area contributed by atoms with Crippen LogP contribution in [0.1, 0.15) is 215 Å². The number of amides is 1. The van der Waals surface area contributed by atoms with Crippen molar-refractivity contribution in [2.75, 3.05) is 66.5 Å². The van der Waals surface area contributed by atoms with E-state index in [9.17, 15) is 18.0 Å². The monoisotopic (exact) mass is 1260 g/mol. The van der Waals surface area contributed by atoms with Gasteiger partial charge in [-0.25, -0.2) is 0 Å². The highest BCUT2D eigenvalue weighted by Gasteiger charge is 2.56. The van der Waals surface area contributed by atoms with E-state index in [1.165, 1.54) is 101 Å². The first kappa shape index (κ1) is 71.8. The molecule has 1 spiro atoms. The molecule has 1 amide bonds. The Labute approximate surface area is 543 Å². The number of aromatic nitrogens is 1. The predicted octanol–water partition coefficient (Wildman–Crippen LogP) is 12.6. The normalized spacial score (nSPS) is 30.9. The fraction of sp³-hybridized carbons (Fsp3) is 0.795. The second-order valence-electron chi connectivity index (χ2n) is 29.6. The summed E-state index contributed by atoms with van der Waals surface area (Å²) in [7, 11) is 4.32. The minimum atomic E-state index is -4.48. The van der Waals surface area contributed by atoms with Crippen molar-refractivity contribution >= 4 is 11.6 Å². The summed E-state index contributed by atoms with van der Waals surface area (Å²) in [5, 5.41) is 24.5. The molecular weight excluding hydrogens is 1130 g/mol. The van der Waals surface area contributed by atoms with Gasteiger partial charge < -0.3 is 51.5 Å². The van der Waals surface area contributed by atoms with E-state index < -0.39 is 11.9 Å². The van der Waals surface area contributed by atoms with E-state index in [-0.39, 0.29) is 53.7 Å². The minimum Gasteiger partial charge on any atom is -0.390 e. The van der Waals surface area contributed by atoms with E-state index in [2.05, 4.69) is 150 Å². The van der Waals surface area contributed by atoms with Crippen molar-refractivity contribution in [2.45, 2.75) is 276 Å². The molecule has 3 aliphatic carbocycles. The van der Waals surface area contributed by atoms with Crippen LogP contribution < -0.4 is 31.9 Å². The zero-order valence-electron chi connectivity index (χ0n) is 57.9. The fourth-order valence-corrected chi connectivity index (χ4v) is 16.7. The lowest BCUT2D eigenvalue weighted by Gasteiger charge is -2.60. The van der Waals surface area contributed by atoms with Gasteiger partial charge in [0, 0.05) is 174 Å². The molecule has 5 unspecified atom stereocenters. The van der Waals surface area contributed by atoms with Gasteiger partial charge in [-0.15, -0.1) is 0 Å². The highest BCUT2D eigenvalue weighted by atomic mass is 19.4. The van der Waals surface area contributed by atoms with Gasteiger partial charge in [0.15, 0.2) is 0 Å². The summed E-state index contributed by atoms with van der Waals surface area (Å²) in [5.74, 6) is 2.58. The van der Waals surface area contributed by atoms with Gasteiger partial charge in [-0.05, 0) is 166 Å². The van der Waals surface area contributed by atoms with Crippen LogP contribution in [0.15, 0.2) is 71.8 Å². The van der Waals surface area contributed by atoms with Crippen molar-refractivity contribution in [3.8, 4) is 0 Å². The van der Waals surface area contributed by atoms with Gasteiger partial charge in [0.05, 0.1) is 5.92 Å². The van der Waals surface area contributed by atoms with Crippen molar-refractivity contribution in [3.05, 3.63) is 78.1 Å². The van der Waals surface area contributed by atoms with Crippen LogP contribution in [0.2, 0.25) is 0 Å². The average Bonchev–Trinajstić information content (AvgIpc) is 0.928. The third kappa shape index (κ3) is 20.3. The van der Waals surface area contributed by atoms with Crippen molar-refractivity contribution in [1.29, 1.82) is 0 Å². The second-order valence-corrected chi connectivity index (χ2v) is 29.6.